The van der Waals surface area contributed by atoms with Crippen LogP contribution < -0.4 is 4.90 Å². The zero-order valence-corrected chi connectivity index (χ0v) is 16.7. The summed E-state index contributed by atoms with van der Waals surface area (Å²) in [5.74, 6) is 0. The van der Waals surface area contributed by atoms with Crippen molar-refractivity contribution < 1.29 is 0 Å². The highest BCUT2D eigenvalue weighted by atomic mass is 15.1. The summed E-state index contributed by atoms with van der Waals surface area (Å²) in [5, 5.41) is 2.53. The van der Waals surface area contributed by atoms with Crippen molar-refractivity contribution in [3.05, 3.63) is 102 Å². The van der Waals surface area contributed by atoms with Crippen molar-refractivity contribution in [3.8, 4) is 0 Å². The first-order valence-electron chi connectivity index (χ1n) is 10.2. The number of hydrogen-bond donors (Lipinski definition) is 0. The van der Waals surface area contributed by atoms with E-state index in [0.717, 1.165) is 6.42 Å². The zero-order chi connectivity index (χ0) is 19.3. The van der Waals surface area contributed by atoms with Gasteiger partial charge in [0, 0.05) is 16.8 Å². The summed E-state index contributed by atoms with van der Waals surface area (Å²) in [7, 11) is 0. The molecular formula is C27H27N. The number of nitrogens with zero attached hydrogens (tertiary/aromatic N) is 1. The standard InChI is InChI=1S/C27H27N/c1-3-4-10-22-16-18-24(19-17-22)28(25-13-7-9-21(2)20-25)27-15-8-12-23-11-5-6-14-26(23)27/h5-9,11-20H,3-4,10H2,1-2H3. The highest BCUT2D eigenvalue weighted by Gasteiger charge is 2.15. The molecule has 1 heteroatoms. The van der Waals surface area contributed by atoms with E-state index in [1.54, 1.807) is 0 Å². The van der Waals surface area contributed by atoms with E-state index in [-0.39, 0.29) is 0 Å². The van der Waals surface area contributed by atoms with Crippen molar-refractivity contribution in [2.75, 3.05) is 4.90 Å². The van der Waals surface area contributed by atoms with Crippen LogP contribution in [0.2, 0.25) is 0 Å². The molecule has 0 saturated carbocycles. The average Bonchev–Trinajstić information content (AvgIpc) is 2.74. The fraction of sp³-hybridized carbons (Fsp3) is 0.185. The Labute approximate surface area is 168 Å². The Kier molecular flexibility index (Phi) is 5.43. The first kappa shape index (κ1) is 18.3. The molecule has 0 N–H and O–H groups in total. The number of benzene rings is 4. The van der Waals surface area contributed by atoms with E-state index >= 15 is 0 Å². The number of hydrogen-bond acceptors (Lipinski definition) is 1. The minimum Gasteiger partial charge on any atom is -0.310 e. The molecule has 4 rings (SSSR count). The van der Waals surface area contributed by atoms with E-state index in [4.69, 9.17) is 0 Å². The van der Waals surface area contributed by atoms with Crippen molar-refractivity contribution in [1.82, 2.24) is 0 Å². The Morgan fingerprint density at radius 2 is 1.46 bits per heavy atom. The van der Waals surface area contributed by atoms with Gasteiger partial charge in [-0.15, -0.1) is 0 Å². The third-order valence-corrected chi connectivity index (χ3v) is 5.28. The lowest BCUT2D eigenvalue weighted by molar-refractivity contribution is 0.795. The molecule has 0 bridgehead atoms. The highest BCUT2D eigenvalue weighted by Crippen LogP contribution is 2.39. The van der Waals surface area contributed by atoms with Gasteiger partial charge in [-0.2, -0.15) is 0 Å². The smallest absolute Gasteiger partial charge is 0.0540 e. The van der Waals surface area contributed by atoms with E-state index in [0.29, 0.717) is 0 Å². The van der Waals surface area contributed by atoms with Gasteiger partial charge in [-0.3, -0.25) is 0 Å². The van der Waals surface area contributed by atoms with Crippen LogP contribution in [0.1, 0.15) is 30.9 Å². The summed E-state index contributed by atoms with van der Waals surface area (Å²) in [6, 6.07) is 33.0. The summed E-state index contributed by atoms with van der Waals surface area (Å²) in [4.78, 5) is 2.37. The van der Waals surface area contributed by atoms with Gasteiger partial charge >= 0.3 is 0 Å². The minimum atomic E-state index is 1.15. The van der Waals surface area contributed by atoms with E-state index in [1.807, 2.05) is 0 Å². The zero-order valence-electron chi connectivity index (χ0n) is 16.7. The van der Waals surface area contributed by atoms with Gasteiger partial charge in [-0.25, -0.2) is 0 Å². The molecule has 0 spiro atoms. The van der Waals surface area contributed by atoms with E-state index in [1.165, 1.54) is 51.8 Å². The van der Waals surface area contributed by atoms with Crippen LogP contribution in [0.15, 0.2) is 91.0 Å². The summed E-state index contributed by atoms with van der Waals surface area (Å²) in [5.41, 5.74) is 6.28. The molecule has 4 aromatic carbocycles. The van der Waals surface area contributed by atoms with Gasteiger partial charge < -0.3 is 4.90 Å². The number of aryl methyl sites for hydroxylation is 2. The summed E-state index contributed by atoms with van der Waals surface area (Å²) >= 11 is 0. The Balaban J connectivity index is 1.85. The molecule has 0 saturated heterocycles. The van der Waals surface area contributed by atoms with Crippen LogP contribution in [0.4, 0.5) is 17.1 Å². The molecule has 4 aromatic rings. The minimum absolute atomic E-state index is 1.15. The van der Waals surface area contributed by atoms with Crippen LogP contribution in [0.25, 0.3) is 10.8 Å². The summed E-state index contributed by atoms with van der Waals surface area (Å²) in [6.07, 6.45) is 3.62. The second-order valence-electron chi connectivity index (χ2n) is 7.44. The van der Waals surface area contributed by atoms with Gasteiger partial charge in [0.05, 0.1) is 5.69 Å². The van der Waals surface area contributed by atoms with Crippen molar-refractivity contribution >= 4 is 27.8 Å². The molecule has 0 atom stereocenters. The molecular weight excluding hydrogens is 338 g/mol. The SMILES string of the molecule is CCCCc1ccc(N(c2cccc(C)c2)c2cccc3ccccc23)cc1. The predicted octanol–water partition coefficient (Wildman–Crippen LogP) is 7.96. The largest absolute Gasteiger partial charge is 0.310 e. The lowest BCUT2D eigenvalue weighted by atomic mass is 10.0. The molecule has 0 fully saturated rings. The molecule has 0 amide bonds. The number of anilines is 3. The van der Waals surface area contributed by atoms with Crippen molar-refractivity contribution in [3.63, 3.8) is 0 Å². The van der Waals surface area contributed by atoms with Crippen LogP contribution in [-0.2, 0) is 6.42 Å². The third kappa shape index (κ3) is 3.80. The molecule has 0 radical (unpaired) electrons. The maximum atomic E-state index is 2.37. The Bertz CT molecular complexity index is 1060. The van der Waals surface area contributed by atoms with Gasteiger partial charge in [0.2, 0.25) is 0 Å². The fourth-order valence-corrected chi connectivity index (χ4v) is 3.79. The molecule has 0 aliphatic carbocycles. The van der Waals surface area contributed by atoms with Gasteiger partial charge in [-0.1, -0.05) is 74.0 Å². The van der Waals surface area contributed by atoms with E-state index in [9.17, 15) is 0 Å². The number of fused-ring (bicyclic) bond motifs is 1. The topological polar surface area (TPSA) is 3.24 Å². The van der Waals surface area contributed by atoms with Gasteiger partial charge in [-0.05, 0) is 66.6 Å². The Hall–Kier alpha value is -3.06. The van der Waals surface area contributed by atoms with Crippen molar-refractivity contribution in [2.45, 2.75) is 33.1 Å². The van der Waals surface area contributed by atoms with Crippen molar-refractivity contribution in [2.24, 2.45) is 0 Å². The molecule has 0 aliphatic heterocycles. The molecule has 0 heterocycles. The second kappa shape index (κ2) is 8.31. The lowest BCUT2D eigenvalue weighted by Gasteiger charge is -2.27. The molecule has 140 valence electrons. The fourth-order valence-electron chi connectivity index (χ4n) is 3.79. The van der Waals surface area contributed by atoms with Crippen LogP contribution in [0.3, 0.4) is 0 Å². The van der Waals surface area contributed by atoms with Gasteiger partial charge in [0.15, 0.2) is 0 Å². The highest BCUT2D eigenvalue weighted by molar-refractivity contribution is 5.98. The van der Waals surface area contributed by atoms with E-state index in [2.05, 4.69) is 110 Å². The van der Waals surface area contributed by atoms with Crippen LogP contribution in [-0.4, -0.2) is 0 Å². The first-order valence-corrected chi connectivity index (χ1v) is 10.2. The van der Waals surface area contributed by atoms with E-state index < -0.39 is 0 Å². The quantitative estimate of drug-likeness (QED) is 0.335. The van der Waals surface area contributed by atoms with Crippen LogP contribution >= 0.6 is 0 Å². The molecule has 0 unspecified atom stereocenters. The summed E-state index contributed by atoms with van der Waals surface area (Å²) < 4.78 is 0. The molecule has 0 aromatic heterocycles. The third-order valence-electron chi connectivity index (χ3n) is 5.28. The van der Waals surface area contributed by atoms with Crippen LogP contribution in [0, 0.1) is 6.92 Å². The van der Waals surface area contributed by atoms with Crippen molar-refractivity contribution in [1.29, 1.82) is 0 Å². The maximum absolute atomic E-state index is 2.37. The Morgan fingerprint density at radius 1 is 0.714 bits per heavy atom. The Morgan fingerprint density at radius 3 is 2.25 bits per heavy atom. The second-order valence-corrected chi connectivity index (χ2v) is 7.44. The molecule has 28 heavy (non-hydrogen) atoms. The van der Waals surface area contributed by atoms with Gasteiger partial charge in [0.25, 0.3) is 0 Å². The average molecular weight is 366 g/mol. The lowest BCUT2D eigenvalue weighted by Crippen LogP contribution is -2.10. The number of rotatable bonds is 6. The molecule has 1 nitrogen and oxygen atoms in total. The number of unbranched alkanes of at least 4 members (excludes halogenated alkanes) is 1. The normalized spacial score (nSPS) is 10.9. The summed E-state index contributed by atoms with van der Waals surface area (Å²) in [6.45, 7) is 4.40. The predicted molar refractivity (Wildman–Crippen MR) is 122 cm³/mol. The van der Waals surface area contributed by atoms with Gasteiger partial charge in [0.1, 0.15) is 0 Å². The first-order chi connectivity index (χ1) is 13.8. The monoisotopic (exact) mass is 365 g/mol. The maximum Gasteiger partial charge on any atom is 0.0540 e. The van der Waals surface area contributed by atoms with Crippen LogP contribution in [0.5, 0.6) is 0 Å². The molecule has 0 aliphatic rings.